The minimum absolute atomic E-state index is 0.145. The Morgan fingerprint density at radius 2 is 1.55 bits per heavy atom. The molecule has 0 aromatic heterocycles. The van der Waals surface area contributed by atoms with Gasteiger partial charge in [0.2, 0.25) is 12.5 Å². The van der Waals surface area contributed by atoms with Gasteiger partial charge in [-0.25, -0.2) is 9.63 Å². The number of fused-ring (bicyclic) bond motifs is 2. The number of benzene rings is 3. The van der Waals surface area contributed by atoms with E-state index < -0.39 is 15.9 Å². The molecule has 4 atom stereocenters. The molecule has 2 aliphatic heterocycles. The average Bonchev–Trinajstić information content (AvgIpc) is 3.37. The van der Waals surface area contributed by atoms with Gasteiger partial charge in [-0.1, -0.05) is 24.6 Å². The second-order valence-corrected chi connectivity index (χ2v) is 11.3. The summed E-state index contributed by atoms with van der Waals surface area (Å²) in [6.07, 6.45) is -0.569. The lowest BCUT2D eigenvalue weighted by Crippen LogP contribution is -2.52. The quantitative estimate of drug-likeness (QED) is 0.327. The van der Waals surface area contributed by atoms with Crippen molar-refractivity contribution in [1.29, 1.82) is 0 Å². The Morgan fingerprint density at radius 1 is 0.921 bits per heavy atom. The van der Waals surface area contributed by atoms with E-state index in [1.165, 1.54) is 0 Å². The Bertz CT molecular complexity index is 1420. The van der Waals surface area contributed by atoms with Crippen molar-refractivity contribution in [2.75, 3.05) is 28.1 Å². The van der Waals surface area contributed by atoms with Gasteiger partial charge in [0, 0.05) is 28.4 Å². The Kier molecular flexibility index (Phi) is 7.04. The van der Waals surface area contributed by atoms with Crippen molar-refractivity contribution >= 4 is 15.6 Å². The van der Waals surface area contributed by atoms with E-state index in [4.69, 9.17) is 28.4 Å². The van der Waals surface area contributed by atoms with E-state index in [9.17, 15) is 4.21 Å². The van der Waals surface area contributed by atoms with Crippen LogP contribution in [0.15, 0.2) is 53.4 Å². The van der Waals surface area contributed by atoms with Gasteiger partial charge in [0.1, 0.15) is 5.75 Å². The number of hydrogen-bond acceptors (Lipinski definition) is 8. The van der Waals surface area contributed by atoms with E-state index in [0.29, 0.717) is 39.4 Å². The maximum absolute atomic E-state index is 13.4. The van der Waals surface area contributed by atoms with Gasteiger partial charge in [-0.2, -0.15) is 4.83 Å². The number of rotatable bonds is 8. The van der Waals surface area contributed by atoms with Crippen molar-refractivity contribution in [1.82, 2.24) is 10.3 Å². The summed E-state index contributed by atoms with van der Waals surface area (Å²) in [7, 11) is 1.91. The molecule has 0 bridgehead atoms. The second kappa shape index (κ2) is 10.3. The number of methoxy groups -OCH3 is 3. The van der Waals surface area contributed by atoms with Gasteiger partial charge in [0.25, 0.3) is 0 Å². The normalized spacial score (nSPS) is 21.1. The van der Waals surface area contributed by atoms with Crippen molar-refractivity contribution < 1.29 is 32.6 Å². The van der Waals surface area contributed by atoms with Crippen molar-refractivity contribution in [2.24, 2.45) is 5.92 Å². The van der Waals surface area contributed by atoms with Crippen LogP contribution in [0.1, 0.15) is 29.5 Å². The highest BCUT2D eigenvalue weighted by molar-refractivity contribution is 7.98. The lowest BCUT2D eigenvalue weighted by molar-refractivity contribution is 0.0741. The maximum atomic E-state index is 13.4. The van der Waals surface area contributed by atoms with Crippen molar-refractivity contribution in [3.05, 3.63) is 65.2 Å². The van der Waals surface area contributed by atoms with E-state index in [1.54, 1.807) is 33.5 Å². The molecule has 0 aliphatic carbocycles. The van der Waals surface area contributed by atoms with E-state index >= 15 is 0 Å². The van der Waals surface area contributed by atoms with Crippen molar-refractivity contribution in [3.8, 4) is 34.5 Å². The number of ether oxygens (including phenoxy) is 6. The zero-order valence-electron chi connectivity index (χ0n) is 22.0. The lowest BCUT2D eigenvalue weighted by Gasteiger charge is -2.39. The molecule has 0 amide bonds. The zero-order valence-corrected chi connectivity index (χ0v) is 22.8. The predicted molar refractivity (Wildman–Crippen MR) is 145 cm³/mol. The maximum Gasteiger partial charge on any atom is 0.231 e. The molecule has 0 saturated heterocycles. The van der Waals surface area contributed by atoms with Gasteiger partial charge < -0.3 is 28.4 Å². The lowest BCUT2D eigenvalue weighted by atomic mass is 9.78. The molecular formula is C28H32N2O7S. The van der Waals surface area contributed by atoms with E-state index in [2.05, 4.69) is 23.1 Å². The highest BCUT2D eigenvalue weighted by Crippen LogP contribution is 2.51. The van der Waals surface area contributed by atoms with Crippen LogP contribution in [0.2, 0.25) is 0 Å². The standard InChI is InChI=1S/C28H32N2O7S/c1-16-7-9-19(10-8-16)38(6,31)30-29-28-17(2)26(18-11-24(32-3)27(34-5)25(12-18)33-4)20-13-22-23(36-15-35-22)14-21(20)37-28/h7-14,17,26,28-29H,6,15H2,1-5H3,(H,30,31). The van der Waals surface area contributed by atoms with Crippen LogP contribution in [-0.4, -0.2) is 44.4 Å². The highest BCUT2D eigenvalue weighted by Gasteiger charge is 2.39. The highest BCUT2D eigenvalue weighted by atomic mass is 32.2. The smallest absolute Gasteiger partial charge is 0.231 e. The van der Waals surface area contributed by atoms with E-state index in [-0.39, 0.29) is 18.6 Å². The largest absolute Gasteiger partial charge is 0.493 e. The van der Waals surface area contributed by atoms with Crippen LogP contribution < -0.4 is 38.7 Å². The molecule has 5 rings (SSSR count). The summed E-state index contributed by atoms with van der Waals surface area (Å²) >= 11 is 0. The molecule has 38 heavy (non-hydrogen) atoms. The Morgan fingerprint density at radius 3 is 2.16 bits per heavy atom. The molecule has 2 heterocycles. The van der Waals surface area contributed by atoms with Gasteiger partial charge >= 0.3 is 0 Å². The summed E-state index contributed by atoms with van der Waals surface area (Å²) in [5.74, 6) is 7.09. The summed E-state index contributed by atoms with van der Waals surface area (Å²) < 4.78 is 47.8. The summed E-state index contributed by atoms with van der Waals surface area (Å²) in [4.78, 5) is 3.52. The Hall–Kier alpha value is -3.60. The fraction of sp³-hybridized carbons (Fsp3) is 0.321. The Labute approximate surface area is 223 Å². The third-order valence-electron chi connectivity index (χ3n) is 6.91. The van der Waals surface area contributed by atoms with Crippen LogP contribution in [-0.2, 0) is 9.71 Å². The Balaban J connectivity index is 1.53. The van der Waals surface area contributed by atoms with Crippen molar-refractivity contribution in [3.63, 3.8) is 0 Å². The topological polar surface area (TPSA) is 96.5 Å². The monoisotopic (exact) mass is 540 g/mol. The average molecular weight is 541 g/mol. The first kappa shape index (κ1) is 26.0. The van der Waals surface area contributed by atoms with Gasteiger partial charge in [-0.15, -0.1) is 0 Å². The summed E-state index contributed by atoms with van der Waals surface area (Å²) in [6.45, 7) is 4.17. The number of hydrazine groups is 1. The molecule has 0 radical (unpaired) electrons. The van der Waals surface area contributed by atoms with Crippen molar-refractivity contribution in [2.45, 2.75) is 30.9 Å². The first-order chi connectivity index (χ1) is 18.2. The number of hydrogen-bond donors (Lipinski definition) is 2. The van der Waals surface area contributed by atoms with Gasteiger partial charge in [0.15, 0.2) is 29.2 Å². The van der Waals surface area contributed by atoms with Crippen LogP contribution in [0.25, 0.3) is 0 Å². The first-order valence-electron chi connectivity index (χ1n) is 12.1. The molecule has 202 valence electrons. The fourth-order valence-electron chi connectivity index (χ4n) is 4.88. The molecule has 9 nitrogen and oxygen atoms in total. The number of nitrogens with one attached hydrogen (secondary N) is 2. The minimum atomic E-state index is -2.84. The van der Waals surface area contributed by atoms with E-state index in [0.717, 1.165) is 16.7 Å². The molecule has 4 unspecified atom stereocenters. The molecule has 10 heteroatoms. The summed E-state index contributed by atoms with van der Waals surface area (Å²) in [5.41, 5.74) is 6.06. The number of aryl methyl sites for hydroxylation is 1. The molecular weight excluding hydrogens is 508 g/mol. The van der Waals surface area contributed by atoms with Crippen LogP contribution in [0, 0.1) is 12.8 Å². The molecule has 2 N–H and O–H groups in total. The van der Waals surface area contributed by atoms with Crippen LogP contribution in [0.3, 0.4) is 0 Å². The van der Waals surface area contributed by atoms with Gasteiger partial charge in [-0.3, -0.25) is 0 Å². The second-order valence-electron chi connectivity index (χ2n) is 9.31. The summed E-state index contributed by atoms with van der Waals surface area (Å²) in [6, 6.07) is 15.1. The fourth-order valence-corrected chi connectivity index (χ4v) is 5.88. The van der Waals surface area contributed by atoms with E-state index in [1.807, 2.05) is 43.3 Å². The van der Waals surface area contributed by atoms with Gasteiger partial charge in [-0.05, 0) is 48.7 Å². The minimum Gasteiger partial charge on any atom is -0.493 e. The first-order valence-corrected chi connectivity index (χ1v) is 13.8. The summed E-state index contributed by atoms with van der Waals surface area (Å²) in [5, 5.41) is 0. The third-order valence-corrected chi connectivity index (χ3v) is 8.39. The zero-order chi connectivity index (χ0) is 27.0. The molecule has 0 fully saturated rings. The molecule has 0 saturated carbocycles. The predicted octanol–water partition coefficient (Wildman–Crippen LogP) is 4.02. The van der Waals surface area contributed by atoms with Crippen LogP contribution in [0.4, 0.5) is 0 Å². The molecule has 0 spiro atoms. The van der Waals surface area contributed by atoms with Crippen LogP contribution in [0.5, 0.6) is 34.5 Å². The van der Waals surface area contributed by atoms with Crippen LogP contribution >= 0.6 is 0 Å². The molecule has 2 aliphatic rings. The van der Waals surface area contributed by atoms with Gasteiger partial charge in [0.05, 0.1) is 31.0 Å². The molecule has 3 aromatic carbocycles. The third kappa shape index (κ3) is 4.70. The SMILES string of the molecule is C=S(=O)(NNC1Oc2cc3c(cc2C(c2cc(OC)c(OC)c(OC)c2)C1C)OCO3)c1ccc(C)cc1. The molecule has 3 aromatic rings.